The number of amides is 3. The number of benzene rings is 2. The van der Waals surface area contributed by atoms with Crippen molar-refractivity contribution in [2.24, 2.45) is 0 Å². The largest absolute Gasteiger partial charge is 0.479 e. The molecule has 1 atom stereocenters. The third-order valence-electron chi connectivity index (χ3n) is 5.82. The van der Waals surface area contributed by atoms with Gasteiger partial charge in [0.1, 0.15) is 12.3 Å². The summed E-state index contributed by atoms with van der Waals surface area (Å²) in [6.07, 6.45) is 2.44. The van der Waals surface area contributed by atoms with Crippen molar-refractivity contribution in [3.63, 3.8) is 0 Å². The molecule has 7 nitrogen and oxygen atoms in total. The van der Waals surface area contributed by atoms with Gasteiger partial charge in [0.15, 0.2) is 6.10 Å². The van der Waals surface area contributed by atoms with Gasteiger partial charge in [-0.3, -0.25) is 19.3 Å². The van der Waals surface area contributed by atoms with Crippen LogP contribution in [0.4, 0.5) is 11.4 Å². The Labute approximate surface area is 182 Å². The molecule has 0 aromatic heterocycles. The molecule has 2 heterocycles. The zero-order valence-corrected chi connectivity index (χ0v) is 17.9. The van der Waals surface area contributed by atoms with Crippen molar-refractivity contribution >= 4 is 29.1 Å². The van der Waals surface area contributed by atoms with Gasteiger partial charge in [0.25, 0.3) is 11.8 Å². The van der Waals surface area contributed by atoms with Crippen LogP contribution in [-0.4, -0.2) is 48.4 Å². The average molecular weight is 421 g/mol. The number of nitrogens with one attached hydrogen (secondary N) is 1. The summed E-state index contributed by atoms with van der Waals surface area (Å²) in [6, 6.07) is 12.5. The lowest BCUT2D eigenvalue weighted by atomic mass is 10.1. The Morgan fingerprint density at radius 1 is 1.10 bits per heavy atom. The number of ether oxygens (including phenoxy) is 1. The van der Waals surface area contributed by atoms with Crippen molar-refractivity contribution in [1.82, 2.24) is 4.90 Å². The highest BCUT2D eigenvalue weighted by molar-refractivity contribution is 6.07. The quantitative estimate of drug-likeness (QED) is 0.821. The summed E-state index contributed by atoms with van der Waals surface area (Å²) >= 11 is 0. The van der Waals surface area contributed by atoms with Gasteiger partial charge in [-0.25, -0.2) is 0 Å². The van der Waals surface area contributed by atoms with Gasteiger partial charge >= 0.3 is 0 Å². The minimum Gasteiger partial charge on any atom is -0.479 e. The number of carbonyl (C=O) groups is 3. The SMILES string of the molecule is Cc1ccccc1C(=O)Nc1ccc2c(c1)N(CC(=O)N1CCCCC1)C(=O)C(C)O2. The zero-order valence-electron chi connectivity index (χ0n) is 17.9. The summed E-state index contributed by atoms with van der Waals surface area (Å²) in [6.45, 7) is 4.98. The number of hydrogen-bond acceptors (Lipinski definition) is 4. The lowest BCUT2D eigenvalue weighted by Gasteiger charge is -2.35. The predicted octanol–water partition coefficient (Wildman–Crippen LogP) is 3.37. The van der Waals surface area contributed by atoms with Crippen LogP contribution in [-0.2, 0) is 9.59 Å². The van der Waals surface area contributed by atoms with Crippen molar-refractivity contribution in [1.29, 1.82) is 0 Å². The molecule has 3 amide bonds. The molecular weight excluding hydrogens is 394 g/mol. The van der Waals surface area contributed by atoms with Crippen molar-refractivity contribution in [3.05, 3.63) is 53.6 Å². The second kappa shape index (κ2) is 8.79. The number of hydrogen-bond donors (Lipinski definition) is 1. The number of piperidine rings is 1. The fourth-order valence-electron chi connectivity index (χ4n) is 4.05. The molecule has 0 aliphatic carbocycles. The van der Waals surface area contributed by atoms with E-state index in [1.807, 2.05) is 30.0 Å². The van der Waals surface area contributed by atoms with E-state index in [4.69, 9.17) is 4.74 Å². The highest BCUT2D eigenvalue weighted by Gasteiger charge is 2.34. The molecule has 2 aliphatic rings. The standard InChI is InChI=1S/C24H27N3O4/c1-16-8-4-5-9-19(16)23(29)25-18-10-11-21-20(14-18)27(24(30)17(2)31-21)15-22(28)26-12-6-3-7-13-26/h4-5,8-11,14,17H,3,6-7,12-13,15H2,1-2H3,(H,25,29). The van der Waals surface area contributed by atoms with E-state index in [2.05, 4.69) is 5.32 Å². The van der Waals surface area contributed by atoms with E-state index in [1.165, 1.54) is 4.90 Å². The van der Waals surface area contributed by atoms with Gasteiger partial charge in [-0.1, -0.05) is 18.2 Å². The molecule has 0 spiro atoms. The Hall–Kier alpha value is -3.35. The van der Waals surface area contributed by atoms with E-state index in [-0.39, 0.29) is 24.3 Å². The summed E-state index contributed by atoms with van der Waals surface area (Å²) in [7, 11) is 0. The fraction of sp³-hybridized carbons (Fsp3) is 0.375. The zero-order chi connectivity index (χ0) is 22.0. The van der Waals surface area contributed by atoms with Crippen LogP contribution in [0.5, 0.6) is 5.75 Å². The normalized spacial score (nSPS) is 18.3. The number of likely N-dealkylation sites (tertiary alicyclic amines) is 1. The van der Waals surface area contributed by atoms with Crippen LogP contribution in [0.15, 0.2) is 42.5 Å². The first-order valence-corrected chi connectivity index (χ1v) is 10.7. The smallest absolute Gasteiger partial charge is 0.268 e. The van der Waals surface area contributed by atoms with Crippen molar-refractivity contribution in [2.45, 2.75) is 39.2 Å². The molecule has 1 saturated heterocycles. The number of aryl methyl sites for hydroxylation is 1. The molecule has 162 valence electrons. The molecule has 0 saturated carbocycles. The molecule has 2 aromatic carbocycles. The van der Waals surface area contributed by atoms with Crippen molar-refractivity contribution in [3.8, 4) is 5.75 Å². The molecule has 1 fully saturated rings. The Kier molecular flexibility index (Phi) is 5.93. The second-order valence-corrected chi connectivity index (χ2v) is 8.08. The second-order valence-electron chi connectivity index (χ2n) is 8.08. The van der Waals surface area contributed by atoms with Gasteiger partial charge in [0.05, 0.1) is 5.69 Å². The molecule has 2 aromatic rings. The van der Waals surface area contributed by atoms with Crippen LogP contribution in [0.3, 0.4) is 0 Å². The monoisotopic (exact) mass is 421 g/mol. The van der Waals surface area contributed by atoms with Crippen LogP contribution in [0.1, 0.15) is 42.1 Å². The summed E-state index contributed by atoms with van der Waals surface area (Å²) in [5.74, 6) is -0.0412. The van der Waals surface area contributed by atoms with Crippen LogP contribution >= 0.6 is 0 Å². The van der Waals surface area contributed by atoms with Crippen LogP contribution in [0.2, 0.25) is 0 Å². The van der Waals surface area contributed by atoms with Gasteiger partial charge in [0, 0.05) is 24.3 Å². The van der Waals surface area contributed by atoms with Crippen LogP contribution in [0, 0.1) is 6.92 Å². The van der Waals surface area contributed by atoms with E-state index in [0.29, 0.717) is 22.7 Å². The number of rotatable bonds is 4. The van der Waals surface area contributed by atoms with Gasteiger partial charge in [-0.2, -0.15) is 0 Å². The number of nitrogens with zero attached hydrogens (tertiary/aromatic N) is 2. The summed E-state index contributed by atoms with van der Waals surface area (Å²) < 4.78 is 5.74. The van der Waals surface area contributed by atoms with Gasteiger partial charge < -0.3 is 15.0 Å². The maximum atomic E-state index is 12.8. The van der Waals surface area contributed by atoms with E-state index < -0.39 is 6.10 Å². The molecule has 31 heavy (non-hydrogen) atoms. The van der Waals surface area contributed by atoms with Crippen LogP contribution < -0.4 is 15.0 Å². The number of carbonyl (C=O) groups excluding carboxylic acids is 3. The Morgan fingerprint density at radius 3 is 2.58 bits per heavy atom. The van der Waals surface area contributed by atoms with Gasteiger partial charge in [0.2, 0.25) is 5.91 Å². The predicted molar refractivity (Wildman–Crippen MR) is 118 cm³/mol. The molecule has 0 bridgehead atoms. The van der Waals surface area contributed by atoms with Gasteiger partial charge in [-0.15, -0.1) is 0 Å². The minimum absolute atomic E-state index is 0.0330. The Bertz CT molecular complexity index is 1010. The maximum Gasteiger partial charge on any atom is 0.268 e. The molecular formula is C24H27N3O4. The van der Waals surface area contributed by atoms with E-state index in [0.717, 1.165) is 37.9 Å². The highest BCUT2D eigenvalue weighted by Crippen LogP contribution is 2.36. The highest BCUT2D eigenvalue weighted by atomic mass is 16.5. The molecule has 4 rings (SSSR count). The van der Waals surface area contributed by atoms with Crippen molar-refractivity contribution < 1.29 is 19.1 Å². The third kappa shape index (κ3) is 4.40. The molecule has 0 radical (unpaired) electrons. The number of anilines is 2. The first-order valence-electron chi connectivity index (χ1n) is 10.7. The topological polar surface area (TPSA) is 79.0 Å². The number of fused-ring (bicyclic) bond motifs is 1. The third-order valence-corrected chi connectivity index (χ3v) is 5.82. The average Bonchev–Trinajstić information content (AvgIpc) is 2.78. The Balaban J connectivity index is 1.58. The summed E-state index contributed by atoms with van der Waals surface area (Å²) in [5, 5.41) is 2.88. The maximum absolute atomic E-state index is 12.8. The fourth-order valence-corrected chi connectivity index (χ4v) is 4.05. The molecule has 7 heteroatoms. The van der Waals surface area contributed by atoms with E-state index in [1.54, 1.807) is 31.2 Å². The van der Waals surface area contributed by atoms with E-state index >= 15 is 0 Å². The Morgan fingerprint density at radius 2 is 1.84 bits per heavy atom. The van der Waals surface area contributed by atoms with Crippen molar-refractivity contribution in [2.75, 3.05) is 29.9 Å². The van der Waals surface area contributed by atoms with Gasteiger partial charge in [-0.05, 0) is 62.9 Å². The molecule has 1 unspecified atom stereocenters. The lowest BCUT2D eigenvalue weighted by Crippen LogP contribution is -2.50. The summed E-state index contributed by atoms with van der Waals surface area (Å²) in [4.78, 5) is 41.7. The first kappa shape index (κ1) is 20.9. The lowest BCUT2D eigenvalue weighted by molar-refractivity contribution is -0.133. The molecule has 2 aliphatic heterocycles. The summed E-state index contributed by atoms with van der Waals surface area (Å²) in [5.41, 5.74) is 2.49. The molecule has 1 N–H and O–H groups in total. The van der Waals surface area contributed by atoms with E-state index in [9.17, 15) is 14.4 Å². The van der Waals surface area contributed by atoms with Crippen LogP contribution in [0.25, 0.3) is 0 Å². The first-order chi connectivity index (χ1) is 14.9. The minimum atomic E-state index is -0.672.